The smallest absolute Gasteiger partial charge is 0.341 e. The summed E-state index contributed by atoms with van der Waals surface area (Å²) in [6.07, 6.45) is -0.00368. The summed E-state index contributed by atoms with van der Waals surface area (Å²) < 4.78 is 47.5. The van der Waals surface area contributed by atoms with E-state index in [1.807, 2.05) is 0 Å². The zero-order valence-corrected chi connectivity index (χ0v) is 11.6. The SMILES string of the molecule is O=C(O)CCCNC(=O)c1sccc1S(=O)(=O)C(F)F. The molecule has 0 aliphatic rings. The van der Waals surface area contributed by atoms with Crippen molar-refractivity contribution in [1.82, 2.24) is 5.32 Å². The lowest BCUT2D eigenvalue weighted by Gasteiger charge is -2.06. The van der Waals surface area contributed by atoms with Gasteiger partial charge in [0, 0.05) is 13.0 Å². The van der Waals surface area contributed by atoms with E-state index in [-0.39, 0.29) is 24.3 Å². The number of carboxylic acids is 1. The van der Waals surface area contributed by atoms with Crippen molar-refractivity contribution in [3.8, 4) is 0 Å². The highest BCUT2D eigenvalue weighted by atomic mass is 32.2. The number of amides is 1. The van der Waals surface area contributed by atoms with Gasteiger partial charge in [-0.25, -0.2) is 8.42 Å². The highest BCUT2D eigenvalue weighted by Crippen LogP contribution is 2.26. The molecule has 0 radical (unpaired) electrons. The first-order chi connectivity index (χ1) is 9.26. The molecule has 2 N–H and O–H groups in total. The van der Waals surface area contributed by atoms with E-state index in [2.05, 4.69) is 5.32 Å². The van der Waals surface area contributed by atoms with Gasteiger partial charge in [0.15, 0.2) is 0 Å². The molecule has 0 aromatic carbocycles. The van der Waals surface area contributed by atoms with Gasteiger partial charge < -0.3 is 10.4 Å². The third-order valence-corrected chi connectivity index (χ3v) is 4.69. The molecule has 0 atom stereocenters. The highest BCUT2D eigenvalue weighted by Gasteiger charge is 2.31. The predicted octanol–water partition coefficient (Wildman–Crippen LogP) is 1.34. The molecule has 0 saturated carbocycles. The van der Waals surface area contributed by atoms with Crippen LogP contribution in [-0.2, 0) is 14.6 Å². The molecule has 112 valence electrons. The number of alkyl halides is 2. The first-order valence-electron chi connectivity index (χ1n) is 5.36. The van der Waals surface area contributed by atoms with Crippen molar-refractivity contribution in [1.29, 1.82) is 0 Å². The van der Waals surface area contributed by atoms with E-state index in [4.69, 9.17) is 5.11 Å². The Morgan fingerprint density at radius 1 is 1.40 bits per heavy atom. The van der Waals surface area contributed by atoms with Gasteiger partial charge >= 0.3 is 11.7 Å². The van der Waals surface area contributed by atoms with Crippen LogP contribution in [0.2, 0.25) is 0 Å². The van der Waals surface area contributed by atoms with Crippen LogP contribution in [0.5, 0.6) is 0 Å². The molecule has 6 nitrogen and oxygen atoms in total. The minimum Gasteiger partial charge on any atom is -0.481 e. The number of sulfone groups is 1. The van der Waals surface area contributed by atoms with Gasteiger partial charge in [-0.15, -0.1) is 11.3 Å². The fourth-order valence-corrected chi connectivity index (χ4v) is 3.39. The Morgan fingerprint density at radius 3 is 2.60 bits per heavy atom. The van der Waals surface area contributed by atoms with Gasteiger partial charge in [-0.1, -0.05) is 0 Å². The molecule has 0 aliphatic heterocycles. The number of nitrogens with one attached hydrogen (secondary N) is 1. The number of thiophene rings is 1. The summed E-state index contributed by atoms with van der Waals surface area (Å²) >= 11 is 0.725. The standard InChI is InChI=1S/C10H11F2NO5S2/c11-10(12)20(17,18)6-3-5-19-8(6)9(16)13-4-1-2-7(14)15/h3,5,10H,1-2,4H2,(H,13,16)(H,14,15). The molecule has 0 fully saturated rings. The quantitative estimate of drug-likeness (QED) is 0.736. The van der Waals surface area contributed by atoms with Crippen LogP contribution in [0, 0.1) is 0 Å². The topological polar surface area (TPSA) is 101 Å². The minimum atomic E-state index is -4.83. The van der Waals surface area contributed by atoms with E-state index in [0.717, 1.165) is 17.4 Å². The van der Waals surface area contributed by atoms with Gasteiger partial charge in [-0.3, -0.25) is 9.59 Å². The van der Waals surface area contributed by atoms with Crippen molar-refractivity contribution in [2.45, 2.75) is 23.5 Å². The molecule has 1 heterocycles. The molecule has 1 amide bonds. The predicted molar refractivity (Wildman–Crippen MR) is 66.7 cm³/mol. The summed E-state index contributed by atoms with van der Waals surface area (Å²) in [7, 11) is -4.83. The molecule has 0 spiro atoms. The summed E-state index contributed by atoms with van der Waals surface area (Å²) in [6, 6.07) is 0.943. The van der Waals surface area contributed by atoms with Crippen molar-refractivity contribution in [3.63, 3.8) is 0 Å². The lowest BCUT2D eigenvalue weighted by Crippen LogP contribution is -2.26. The monoisotopic (exact) mass is 327 g/mol. The molecule has 0 saturated heterocycles. The maximum Gasteiger partial charge on any atom is 0.341 e. The van der Waals surface area contributed by atoms with Gasteiger partial charge in [0.25, 0.3) is 5.91 Å². The van der Waals surface area contributed by atoms with E-state index < -0.39 is 32.4 Å². The van der Waals surface area contributed by atoms with Crippen molar-refractivity contribution in [2.75, 3.05) is 6.54 Å². The number of hydrogen-bond donors (Lipinski definition) is 2. The van der Waals surface area contributed by atoms with Crippen LogP contribution in [0.3, 0.4) is 0 Å². The van der Waals surface area contributed by atoms with Gasteiger partial charge in [0.2, 0.25) is 9.84 Å². The van der Waals surface area contributed by atoms with Crippen LogP contribution < -0.4 is 5.32 Å². The zero-order chi connectivity index (χ0) is 15.3. The molecule has 20 heavy (non-hydrogen) atoms. The molecule has 0 bridgehead atoms. The summed E-state index contributed by atoms with van der Waals surface area (Å²) in [6.45, 7) is 0.0111. The van der Waals surface area contributed by atoms with E-state index in [9.17, 15) is 26.8 Å². The van der Waals surface area contributed by atoms with E-state index in [1.54, 1.807) is 0 Å². The lowest BCUT2D eigenvalue weighted by molar-refractivity contribution is -0.137. The number of carbonyl (C=O) groups is 2. The van der Waals surface area contributed by atoms with E-state index >= 15 is 0 Å². The molecule has 10 heteroatoms. The Morgan fingerprint density at radius 2 is 2.05 bits per heavy atom. The number of halogens is 2. The number of hydrogen-bond acceptors (Lipinski definition) is 5. The molecule has 1 rings (SSSR count). The van der Waals surface area contributed by atoms with Crippen molar-refractivity contribution >= 4 is 33.1 Å². The van der Waals surface area contributed by atoms with E-state index in [0.29, 0.717) is 0 Å². The Balaban J connectivity index is 2.76. The third-order valence-electron chi connectivity index (χ3n) is 2.23. The Hall–Kier alpha value is -1.55. The second kappa shape index (κ2) is 6.75. The first-order valence-corrected chi connectivity index (χ1v) is 7.79. The molecular weight excluding hydrogens is 316 g/mol. The number of carbonyl (C=O) groups excluding carboxylic acids is 1. The summed E-state index contributed by atoms with van der Waals surface area (Å²) in [5.74, 6) is -5.45. The number of aliphatic carboxylic acids is 1. The van der Waals surface area contributed by atoms with Gasteiger partial charge in [-0.05, 0) is 17.9 Å². The normalized spacial score (nSPS) is 11.6. The minimum absolute atomic E-state index is 0.0111. The summed E-state index contributed by atoms with van der Waals surface area (Å²) in [4.78, 5) is 20.9. The fraction of sp³-hybridized carbons (Fsp3) is 0.400. The average molecular weight is 327 g/mol. The van der Waals surface area contributed by atoms with Crippen LogP contribution in [0.1, 0.15) is 22.5 Å². The molecule has 0 aliphatic carbocycles. The summed E-state index contributed by atoms with van der Waals surface area (Å²) in [5, 5.41) is 11.9. The van der Waals surface area contributed by atoms with Gasteiger partial charge in [0.1, 0.15) is 4.88 Å². The average Bonchev–Trinajstić information content (AvgIpc) is 2.83. The second-order valence-corrected chi connectivity index (χ2v) is 6.48. The van der Waals surface area contributed by atoms with Crippen molar-refractivity contribution < 1.29 is 31.9 Å². The highest BCUT2D eigenvalue weighted by molar-refractivity contribution is 7.92. The molecule has 0 unspecified atom stereocenters. The van der Waals surface area contributed by atoms with Crippen LogP contribution in [0.4, 0.5) is 8.78 Å². The number of rotatable bonds is 7. The Kier molecular flexibility index (Phi) is 5.57. The molecular formula is C10H11F2NO5S2. The Labute approximate surface area is 117 Å². The largest absolute Gasteiger partial charge is 0.481 e. The van der Waals surface area contributed by atoms with Crippen molar-refractivity contribution in [2.24, 2.45) is 0 Å². The molecule has 1 aromatic rings. The van der Waals surface area contributed by atoms with Crippen LogP contribution in [0.25, 0.3) is 0 Å². The van der Waals surface area contributed by atoms with Crippen LogP contribution in [-0.4, -0.2) is 37.7 Å². The zero-order valence-electron chi connectivity index (χ0n) is 10.0. The van der Waals surface area contributed by atoms with Crippen LogP contribution >= 0.6 is 11.3 Å². The first kappa shape index (κ1) is 16.5. The van der Waals surface area contributed by atoms with Gasteiger partial charge in [0.05, 0.1) is 4.90 Å². The second-order valence-electron chi connectivity index (χ2n) is 3.67. The summed E-state index contributed by atoms with van der Waals surface area (Å²) in [5.41, 5.74) is 0. The Bertz CT molecular complexity index is 597. The maximum atomic E-state index is 12.4. The third kappa shape index (κ3) is 3.97. The maximum absolute atomic E-state index is 12.4. The molecule has 1 aromatic heterocycles. The van der Waals surface area contributed by atoms with Crippen LogP contribution in [0.15, 0.2) is 16.3 Å². The van der Waals surface area contributed by atoms with Crippen molar-refractivity contribution in [3.05, 3.63) is 16.3 Å². The number of carboxylic acid groups (broad SMARTS) is 1. The fourth-order valence-electron chi connectivity index (χ4n) is 1.30. The van der Waals surface area contributed by atoms with Gasteiger partial charge in [-0.2, -0.15) is 8.78 Å². The lowest BCUT2D eigenvalue weighted by atomic mass is 10.3. The van der Waals surface area contributed by atoms with E-state index in [1.165, 1.54) is 5.38 Å².